The molecule has 2 N–H and O–H groups in total. The van der Waals surface area contributed by atoms with Crippen LogP contribution in [0.15, 0.2) is 36.7 Å². The van der Waals surface area contributed by atoms with E-state index in [1.807, 2.05) is 0 Å². The number of rotatable bonds is 3. The number of aromatic hydroxyl groups is 1. The van der Waals surface area contributed by atoms with E-state index >= 15 is 0 Å². The van der Waals surface area contributed by atoms with Crippen LogP contribution in [0.1, 0.15) is 5.56 Å². The molecule has 3 aromatic rings. The molecule has 7 nitrogen and oxygen atoms in total. The fraction of sp³-hybridized carbons (Fsp3) is 0.118. The van der Waals surface area contributed by atoms with E-state index in [1.165, 1.54) is 37.7 Å². The third-order valence-electron chi connectivity index (χ3n) is 3.50. The molecule has 0 fully saturated rings. The van der Waals surface area contributed by atoms with Crippen LogP contribution in [0.3, 0.4) is 0 Å². The summed E-state index contributed by atoms with van der Waals surface area (Å²) in [6.07, 6.45) is 0.394. The maximum absolute atomic E-state index is 14.3. The number of hydrogen-bond donors (Lipinski definition) is 2. The van der Waals surface area contributed by atoms with Crippen LogP contribution in [0.4, 0.5) is 20.7 Å². The van der Waals surface area contributed by atoms with Crippen molar-refractivity contribution in [2.75, 3.05) is 12.4 Å². The average Bonchev–Trinajstić information content (AvgIpc) is 2.58. The minimum atomic E-state index is -0.899. The van der Waals surface area contributed by atoms with Gasteiger partial charge < -0.3 is 19.9 Å². The molecule has 0 saturated heterocycles. The van der Waals surface area contributed by atoms with Crippen LogP contribution in [0.25, 0.3) is 10.9 Å². The molecule has 3 rings (SSSR count). The highest BCUT2D eigenvalue weighted by atomic mass is 35.5. The Kier molecular flexibility index (Phi) is 5.78. The maximum atomic E-state index is 14.3. The van der Waals surface area contributed by atoms with Gasteiger partial charge in [-0.25, -0.2) is 19.2 Å². The first-order chi connectivity index (χ1) is 12.0. The van der Waals surface area contributed by atoms with Gasteiger partial charge in [0.1, 0.15) is 29.5 Å². The van der Waals surface area contributed by atoms with Crippen molar-refractivity contribution in [2.24, 2.45) is 0 Å². The smallest absolute Gasteiger partial charge is 0.508 e. The van der Waals surface area contributed by atoms with E-state index in [0.29, 0.717) is 22.3 Å². The SMILES string of the molecule is COC(=O)Oc1cc(Nc2ncnc3cc(O)ccc23)c(F)cc1C.Cl. The summed E-state index contributed by atoms with van der Waals surface area (Å²) in [6, 6.07) is 7.14. The molecule has 0 atom stereocenters. The molecule has 0 radical (unpaired) electrons. The number of anilines is 2. The number of halogens is 2. The number of nitrogens with one attached hydrogen (secondary N) is 1. The average molecular weight is 380 g/mol. The highest BCUT2D eigenvalue weighted by Gasteiger charge is 2.14. The van der Waals surface area contributed by atoms with Crippen LogP contribution < -0.4 is 10.1 Å². The van der Waals surface area contributed by atoms with Gasteiger partial charge in [-0.2, -0.15) is 0 Å². The van der Waals surface area contributed by atoms with Crippen molar-refractivity contribution in [3.8, 4) is 11.5 Å². The molecule has 0 saturated carbocycles. The third kappa shape index (κ3) is 3.92. The molecule has 0 spiro atoms. The Bertz CT molecular complexity index is 968. The van der Waals surface area contributed by atoms with E-state index in [2.05, 4.69) is 20.0 Å². The first kappa shape index (κ1) is 19.2. The summed E-state index contributed by atoms with van der Waals surface area (Å²) >= 11 is 0. The molecule has 136 valence electrons. The first-order valence-corrected chi connectivity index (χ1v) is 7.24. The summed E-state index contributed by atoms with van der Waals surface area (Å²) in [7, 11) is 1.18. The molecule has 0 bridgehead atoms. The van der Waals surface area contributed by atoms with Crippen LogP contribution >= 0.6 is 12.4 Å². The second-order valence-corrected chi connectivity index (χ2v) is 5.20. The van der Waals surface area contributed by atoms with E-state index < -0.39 is 12.0 Å². The monoisotopic (exact) mass is 379 g/mol. The Labute approximate surface area is 154 Å². The fourth-order valence-corrected chi connectivity index (χ4v) is 2.26. The molecule has 0 aliphatic carbocycles. The van der Waals surface area contributed by atoms with Crippen molar-refractivity contribution in [2.45, 2.75) is 6.92 Å². The van der Waals surface area contributed by atoms with Gasteiger partial charge in [-0.3, -0.25) is 0 Å². The van der Waals surface area contributed by atoms with Gasteiger partial charge in [0.25, 0.3) is 0 Å². The zero-order valence-electron chi connectivity index (χ0n) is 13.8. The molecule has 2 aromatic carbocycles. The Morgan fingerprint density at radius 1 is 1.23 bits per heavy atom. The Balaban J connectivity index is 0.00000243. The Morgan fingerprint density at radius 3 is 2.73 bits per heavy atom. The quantitative estimate of drug-likeness (QED) is 0.522. The summed E-state index contributed by atoms with van der Waals surface area (Å²) in [5.74, 6) is 0.0243. The number of carbonyl (C=O) groups excluding carboxylic acids is 1. The van der Waals surface area contributed by atoms with Gasteiger partial charge in [0.05, 0.1) is 18.3 Å². The second-order valence-electron chi connectivity index (χ2n) is 5.20. The standard InChI is InChI=1S/C17H14FN3O4.ClH/c1-9-5-12(18)14(7-15(9)25-17(23)24-2)21-16-11-4-3-10(22)6-13(11)19-8-20-16;/h3-8,22H,1-2H3,(H,19,20,21);1H. The van der Waals surface area contributed by atoms with Gasteiger partial charge in [-0.05, 0) is 30.7 Å². The molecule has 9 heteroatoms. The summed E-state index contributed by atoms with van der Waals surface area (Å²) < 4.78 is 23.7. The third-order valence-corrected chi connectivity index (χ3v) is 3.50. The predicted molar refractivity (Wildman–Crippen MR) is 95.9 cm³/mol. The first-order valence-electron chi connectivity index (χ1n) is 7.24. The van der Waals surface area contributed by atoms with E-state index in [-0.39, 0.29) is 29.6 Å². The fourth-order valence-electron chi connectivity index (χ4n) is 2.26. The topological polar surface area (TPSA) is 93.6 Å². The molecule has 0 unspecified atom stereocenters. The van der Waals surface area contributed by atoms with Gasteiger partial charge >= 0.3 is 6.16 Å². The summed E-state index contributed by atoms with van der Waals surface area (Å²) in [5, 5.41) is 13.0. The second kappa shape index (κ2) is 7.83. The normalized spacial score (nSPS) is 10.1. The number of phenolic OH excluding ortho intramolecular Hbond substituents is 1. The number of hydrogen-bond acceptors (Lipinski definition) is 7. The minimum Gasteiger partial charge on any atom is -0.508 e. The molecule has 0 amide bonds. The van der Waals surface area contributed by atoms with Crippen LogP contribution in [-0.4, -0.2) is 28.3 Å². The van der Waals surface area contributed by atoms with Crippen molar-refractivity contribution in [3.63, 3.8) is 0 Å². The van der Waals surface area contributed by atoms with Crippen LogP contribution in [0.2, 0.25) is 0 Å². The highest BCUT2D eigenvalue weighted by Crippen LogP contribution is 2.31. The highest BCUT2D eigenvalue weighted by molar-refractivity contribution is 5.91. The summed E-state index contributed by atoms with van der Waals surface area (Å²) in [4.78, 5) is 19.4. The predicted octanol–water partition coefficient (Wildman–Crippen LogP) is 4.09. The molecule has 0 aliphatic heterocycles. The van der Waals surface area contributed by atoms with E-state index in [0.717, 1.165) is 0 Å². The number of benzene rings is 2. The number of ether oxygens (including phenoxy) is 2. The van der Waals surface area contributed by atoms with Crippen LogP contribution in [0, 0.1) is 12.7 Å². The van der Waals surface area contributed by atoms with Gasteiger partial charge in [0, 0.05) is 17.5 Å². The zero-order chi connectivity index (χ0) is 18.0. The molecular weight excluding hydrogens is 365 g/mol. The maximum Gasteiger partial charge on any atom is 0.513 e. The number of aryl methyl sites for hydroxylation is 1. The minimum absolute atomic E-state index is 0. The van der Waals surface area contributed by atoms with Gasteiger partial charge in [0.2, 0.25) is 0 Å². The summed E-state index contributed by atoms with van der Waals surface area (Å²) in [6.45, 7) is 1.61. The number of methoxy groups -OCH3 is 1. The van der Waals surface area contributed by atoms with E-state index in [9.17, 15) is 14.3 Å². The van der Waals surface area contributed by atoms with E-state index in [4.69, 9.17) is 4.74 Å². The number of nitrogens with zero attached hydrogens (tertiary/aromatic N) is 2. The summed E-state index contributed by atoms with van der Waals surface area (Å²) in [5.41, 5.74) is 1.000. The van der Waals surface area contributed by atoms with Gasteiger partial charge in [0.15, 0.2) is 0 Å². The number of phenols is 1. The lowest BCUT2D eigenvalue weighted by atomic mass is 10.1. The van der Waals surface area contributed by atoms with Crippen molar-refractivity contribution in [1.82, 2.24) is 9.97 Å². The zero-order valence-corrected chi connectivity index (χ0v) is 14.6. The number of carbonyl (C=O) groups is 1. The largest absolute Gasteiger partial charge is 0.513 e. The number of aromatic nitrogens is 2. The molecular formula is C17H15ClFN3O4. The van der Waals surface area contributed by atoms with Crippen molar-refractivity contribution in [3.05, 3.63) is 48.0 Å². The Hall–Kier alpha value is -3.13. The molecule has 1 aromatic heterocycles. The van der Waals surface area contributed by atoms with Gasteiger partial charge in [-0.1, -0.05) is 0 Å². The van der Waals surface area contributed by atoms with E-state index in [1.54, 1.807) is 13.0 Å². The lowest BCUT2D eigenvalue weighted by Crippen LogP contribution is -2.09. The lowest BCUT2D eigenvalue weighted by Gasteiger charge is -2.12. The molecule has 0 aliphatic rings. The molecule has 1 heterocycles. The lowest BCUT2D eigenvalue weighted by molar-refractivity contribution is 0.121. The number of fused-ring (bicyclic) bond motifs is 1. The van der Waals surface area contributed by atoms with Crippen LogP contribution in [0.5, 0.6) is 11.5 Å². The van der Waals surface area contributed by atoms with Crippen molar-refractivity contribution in [1.29, 1.82) is 0 Å². The van der Waals surface area contributed by atoms with Crippen molar-refractivity contribution < 1.29 is 23.8 Å². The van der Waals surface area contributed by atoms with Crippen LogP contribution in [-0.2, 0) is 4.74 Å². The van der Waals surface area contributed by atoms with Gasteiger partial charge in [-0.15, -0.1) is 12.4 Å². The van der Waals surface area contributed by atoms with Crippen molar-refractivity contribution >= 4 is 41.0 Å². The molecule has 26 heavy (non-hydrogen) atoms. The Morgan fingerprint density at radius 2 is 2.00 bits per heavy atom.